The first-order chi connectivity index (χ1) is 6.96. The van der Waals surface area contributed by atoms with Crippen LogP contribution in [0.1, 0.15) is 40.0 Å². The van der Waals surface area contributed by atoms with Crippen LogP contribution in [0, 0.1) is 5.41 Å². The lowest BCUT2D eigenvalue weighted by molar-refractivity contribution is -0.136. The van der Waals surface area contributed by atoms with Crippen LogP contribution >= 0.6 is 0 Å². The van der Waals surface area contributed by atoms with E-state index in [1.807, 2.05) is 11.9 Å². The fourth-order valence-electron chi connectivity index (χ4n) is 2.22. The van der Waals surface area contributed by atoms with Gasteiger partial charge in [-0.15, -0.1) is 0 Å². The van der Waals surface area contributed by atoms with Crippen LogP contribution in [-0.4, -0.2) is 37.0 Å². The molecule has 1 unspecified atom stereocenters. The van der Waals surface area contributed by atoms with Crippen molar-refractivity contribution >= 4 is 5.91 Å². The number of hydrogen-bond acceptors (Lipinski definition) is 2. The van der Waals surface area contributed by atoms with Crippen LogP contribution in [0.15, 0.2) is 0 Å². The SMILES string of the molecule is CNC(C(=O)N1CCCCC1)C(C)(C)C. The smallest absolute Gasteiger partial charge is 0.240 e. The lowest BCUT2D eigenvalue weighted by atomic mass is 9.85. The summed E-state index contributed by atoms with van der Waals surface area (Å²) in [5, 5.41) is 3.15. The van der Waals surface area contributed by atoms with Crippen molar-refractivity contribution in [1.29, 1.82) is 0 Å². The molecule has 1 heterocycles. The first-order valence-corrected chi connectivity index (χ1v) is 5.93. The maximum absolute atomic E-state index is 12.2. The van der Waals surface area contributed by atoms with E-state index in [2.05, 4.69) is 26.1 Å². The Morgan fingerprint density at radius 1 is 1.20 bits per heavy atom. The van der Waals surface area contributed by atoms with E-state index in [4.69, 9.17) is 0 Å². The standard InChI is InChI=1S/C12H24N2O/c1-12(2,3)10(13-4)11(15)14-8-6-5-7-9-14/h10,13H,5-9H2,1-4H3. The average molecular weight is 212 g/mol. The molecule has 0 spiro atoms. The molecule has 0 saturated carbocycles. The Labute approximate surface area is 93.2 Å². The summed E-state index contributed by atoms with van der Waals surface area (Å²) in [7, 11) is 1.87. The number of hydrogen-bond donors (Lipinski definition) is 1. The quantitative estimate of drug-likeness (QED) is 0.754. The third kappa shape index (κ3) is 3.20. The minimum absolute atomic E-state index is 0.0106. The summed E-state index contributed by atoms with van der Waals surface area (Å²) in [6, 6.07) is -0.0596. The normalized spacial score (nSPS) is 20.1. The van der Waals surface area contributed by atoms with E-state index in [9.17, 15) is 4.79 Å². The molecular weight excluding hydrogens is 188 g/mol. The number of likely N-dealkylation sites (N-methyl/N-ethyl adjacent to an activating group) is 1. The number of nitrogens with zero attached hydrogens (tertiary/aromatic N) is 1. The van der Waals surface area contributed by atoms with Crippen LogP contribution in [0.3, 0.4) is 0 Å². The molecule has 15 heavy (non-hydrogen) atoms. The lowest BCUT2D eigenvalue weighted by Gasteiger charge is -2.36. The molecule has 0 aromatic heterocycles. The van der Waals surface area contributed by atoms with Crippen LogP contribution < -0.4 is 5.32 Å². The second kappa shape index (κ2) is 4.97. The third-order valence-corrected chi connectivity index (χ3v) is 3.07. The van der Waals surface area contributed by atoms with Gasteiger partial charge in [0, 0.05) is 13.1 Å². The number of likely N-dealkylation sites (tertiary alicyclic amines) is 1. The monoisotopic (exact) mass is 212 g/mol. The predicted octanol–water partition coefficient (Wildman–Crippen LogP) is 1.63. The Morgan fingerprint density at radius 2 is 1.73 bits per heavy atom. The molecule has 1 fully saturated rings. The zero-order valence-corrected chi connectivity index (χ0v) is 10.5. The highest BCUT2D eigenvalue weighted by Gasteiger charge is 2.33. The molecular formula is C12H24N2O. The minimum atomic E-state index is -0.0596. The van der Waals surface area contributed by atoms with Crippen molar-refractivity contribution < 1.29 is 4.79 Å². The van der Waals surface area contributed by atoms with Gasteiger partial charge in [0.2, 0.25) is 5.91 Å². The summed E-state index contributed by atoms with van der Waals surface area (Å²) in [6.45, 7) is 8.20. The molecule has 1 rings (SSSR count). The van der Waals surface area contributed by atoms with E-state index in [0.717, 1.165) is 25.9 Å². The molecule has 0 bridgehead atoms. The van der Waals surface area contributed by atoms with Gasteiger partial charge in [-0.3, -0.25) is 4.79 Å². The van der Waals surface area contributed by atoms with E-state index in [1.165, 1.54) is 6.42 Å². The average Bonchev–Trinajstić information content (AvgIpc) is 2.18. The molecule has 0 aromatic rings. The zero-order chi connectivity index (χ0) is 11.5. The maximum Gasteiger partial charge on any atom is 0.240 e. The Hall–Kier alpha value is -0.570. The third-order valence-electron chi connectivity index (χ3n) is 3.07. The second-order valence-corrected chi connectivity index (χ2v) is 5.47. The van der Waals surface area contributed by atoms with Gasteiger partial charge in [-0.25, -0.2) is 0 Å². The second-order valence-electron chi connectivity index (χ2n) is 5.47. The largest absolute Gasteiger partial charge is 0.341 e. The van der Waals surface area contributed by atoms with Gasteiger partial charge in [0.05, 0.1) is 6.04 Å². The van der Waals surface area contributed by atoms with Gasteiger partial charge >= 0.3 is 0 Å². The predicted molar refractivity (Wildman–Crippen MR) is 62.7 cm³/mol. The van der Waals surface area contributed by atoms with Crippen LogP contribution in [0.4, 0.5) is 0 Å². The fourth-order valence-corrected chi connectivity index (χ4v) is 2.22. The maximum atomic E-state index is 12.2. The van der Waals surface area contributed by atoms with E-state index >= 15 is 0 Å². The van der Waals surface area contributed by atoms with E-state index in [0.29, 0.717) is 0 Å². The number of carbonyl (C=O) groups is 1. The van der Waals surface area contributed by atoms with Gasteiger partial charge in [-0.05, 0) is 31.7 Å². The van der Waals surface area contributed by atoms with Gasteiger partial charge in [-0.2, -0.15) is 0 Å². The van der Waals surface area contributed by atoms with Crippen LogP contribution in [0.5, 0.6) is 0 Å². The number of nitrogens with one attached hydrogen (secondary N) is 1. The van der Waals surface area contributed by atoms with Crippen molar-refractivity contribution in [2.24, 2.45) is 5.41 Å². The summed E-state index contributed by atoms with van der Waals surface area (Å²) < 4.78 is 0. The van der Waals surface area contributed by atoms with Crippen molar-refractivity contribution in [2.45, 2.75) is 46.1 Å². The number of rotatable bonds is 2. The molecule has 1 amide bonds. The molecule has 1 N–H and O–H groups in total. The molecule has 1 saturated heterocycles. The van der Waals surface area contributed by atoms with Crippen LogP contribution in [0.2, 0.25) is 0 Å². The van der Waals surface area contributed by atoms with Crippen molar-refractivity contribution in [2.75, 3.05) is 20.1 Å². The summed E-state index contributed by atoms with van der Waals surface area (Å²) in [4.78, 5) is 14.2. The van der Waals surface area contributed by atoms with Crippen molar-refractivity contribution in [3.63, 3.8) is 0 Å². The van der Waals surface area contributed by atoms with E-state index in [-0.39, 0.29) is 17.4 Å². The van der Waals surface area contributed by atoms with E-state index in [1.54, 1.807) is 0 Å². The Morgan fingerprint density at radius 3 is 2.13 bits per heavy atom. The topological polar surface area (TPSA) is 32.3 Å². The van der Waals surface area contributed by atoms with Gasteiger partial charge in [0.15, 0.2) is 0 Å². The van der Waals surface area contributed by atoms with Crippen molar-refractivity contribution in [3.05, 3.63) is 0 Å². The first-order valence-electron chi connectivity index (χ1n) is 5.93. The van der Waals surface area contributed by atoms with Gasteiger partial charge < -0.3 is 10.2 Å². The van der Waals surface area contributed by atoms with Gasteiger partial charge in [0.25, 0.3) is 0 Å². The minimum Gasteiger partial charge on any atom is -0.341 e. The molecule has 1 aliphatic heterocycles. The van der Waals surface area contributed by atoms with Crippen LogP contribution in [-0.2, 0) is 4.79 Å². The highest BCUT2D eigenvalue weighted by atomic mass is 16.2. The highest BCUT2D eigenvalue weighted by Crippen LogP contribution is 2.22. The van der Waals surface area contributed by atoms with Crippen LogP contribution in [0.25, 0.3) is 0 Å². The number of amides is 1. The Bertz CT molecular complexity index is 214. The first kappa shape index (κ1) is 12.5. The molecule has 1 aliphatic rings. The summed E-state index contributed by atoms with van der Waals surface area (Å²) in [5.74, 6) is 0.268. The zero-order valence-electron chi connectivity index (χ0n) is 10.5. The number of piperidine rings is 1. The summed E-state index contributed by atoms with van der Waals surface area (Å²) in [6.07, 6.45) is 3.59. The summed E-state index contributed by atoms with van der Waals surface area (Å²) in [5.41, 5.74) is -0.0106. The Balaban J connectivity index is 2.63. The van der Waals surface area contributed by atoms with Crippen molar-refractivity contribution in [1.82, 2.24) is 10.2 Å². The molecule has 0 aliphatic carbocycles. The molecule has 0 radical (unpaired) electrons. The van der Waals surface area contributed by atoms with Gasteiger partial charge in [-0.1, -0.05) is 20.8 Å². The Kier molecular flexibility index (Phi) is 4.14. The molecule has 3 nitrogen and oxygen atoms in total. The highest BCUT2D eigenvalue weighted by molar-refractivity contribution is 5.82. The molecule has 88 valence electrons. The molecule has 3 heteroatoms. The summed E-state index contributed by atoms with van der Waals surface area (Å²) >= 11 is 0. The van der Waals surface area contributed by atoms with Crippen molar-refractivity contribution in [3.8, 4) is 0 Å². The van der Waals surface area contributed by atoms with Gasteiger partial charge in [0.1, 0.15) is 0 Å². The lowest BCUT2D eigenvalue weighted by Crippen LogP contribution is -2.53. The fraction of sp³-hybridized carbons (Fsp3) is 0.917. The van der Waals surface area contributed by atoms with E-state index < -0.39 is 0 Å². The molecule has 0 aromatic carbocycles. The molecule has 1 atom stereocenters. The number of carbonyl (C=O) groups excluding carboxylic acids is 1.